The standard InChI is InChI=1S/C19H18FN5OS/c1-11-14-10-15(27-19(14)25(3)23-11)18(26)22-16(17-21-8-9-24(17)2)12-4-6-13(20)7-5-12/h4-10,16H,1-3H3,(H,22,26)/t16-/m1/s1. The van der Waals surface area contributed by atoms with Crippen molar-refractivity contribution in [3.8, 4) is 0 Å². The molecule has 0 fully saturated rings. The second-order valence-corrected chi connectivity index (χ2v) is 7.42. The Morgan fingerprint density at radius 2 is 2.00 bits per heavy atom. The Kier molecular flexibility index (Phi) is 4.27. The van der Waals surface area contributed by atoms with Crippen molar-refractivity contribution in [2.75, 3.05) is 0 Å². The van der Waals surface area contributed by atoms with Gasteiger partial charge in [-0.2, -0.15) is 5.10 Å². The molecule has 0 aliphatic carbocycles. The minimum atomic E-state index is -0.484. The fourth-order valence-electron chi connectivity index (χ4n) is 3.13. The number of carbonyl (C=O) groups excluding carboxylic acids is 1. The zero-order valence-corrected chi connectivity index (χ0v) is 15.9. The number of aromatic nitrogens is 4. The molecule has 3 heterocycles. The van der Waals surface area contributed by atoms with Gasteiger partial charge in [0.05, 0.1) is 10.6 Å². The number of nitrogens with one attached hydrogen (secondary N) is 1. The van der Waals surface area contributed by atoms with Gasteiger partial charge < -0.3 is 9.88 Å². The molecule has 4 aromatic rings. The minimum Gasteiger partial charge on any atom is -0.337 e. The van der Waals surface area contributed by atoms with Gasteiger partial charge in [-0.3, -0.25) is 9.48 Å². The van der Waals surface area contributed by atoms with Crippen molar-refractivity contribution in [3.05, 3.63) is 70.5 Å². The molecule has 4 rings (SSSR count). The van der Waals surface area contributed by atoms with Crippen LogP contribution in [0.5, 0.6) is 0 Å². The van der Waals surface area contributed by atoms with Crippen molar-refractivity contribution >= 4 is 27.5 Å². The van der Waals surface area contributed by atoms with Gasteiger partial charge in [0.25, 0.3) is 5.91 Å². The van der Waals surface area contributed by atoms with Gasteiger partial charge in [-0.15, -0.1) is 11.3 Å². The van der Waals surface area contributed by atoms with E-state index >= 15 is 0 Å². The second-order valence-electron chi connectivity index (χ2n) is 6.39. The number of thiophene rings is 1. The van der Waals surface area contributed by atoms with E-state index in [2.05, 4.69) is 15.4 Å². The van der Waals surface area contributed by atoms with Crippen LogP contribution >= 0.6 is 11.3 Å². The molecule has 0 radical (unpaired) electrons. The van der Waals surface area contributed by atoms with Crippen molar-refractivity contribution in [1.29, 1.82) is 0 Å². The molecule has 3 aromatic heterocycles. The van der Waals surface area contributed by atoms with E-state index in [0.717, 1.165) is 21.5 Å². The van der Waals surface area contributed by atoms with Crippen molar-refractivity contribution in [2.45, 2.75) is 13.0 Å². The monoisotopic (exact) mass is 383 g/mol. The van der Waals surface area contributed by atoms with Crippen LogP contribution in [0, 0.1) is 12.7 Å². The molecule has 1 amide bonds. The Bertz CT molecular complexity index is 1090. The number of rotatable bonds is 4. The molecule has 0 spiro atoms. The Balaban J connectivity index is 1.70. The molecule has 0 saturated heterocycles. The quantitative estimate of drug-likeness (QED) is 0.588. The first-order valence-corrected chi connectivity index (χ1v) is 9.22. The van der Waals surface area contributed by atoms with E-state index in [1.807, 2.05) is 37.8 Å². The third-order valence-electron chi connectivity index (χ3n) is 4.52. The van der Waals surface area contributed by atoms with Crippen molar-refractivity contribution < 1.29 is 9.18 Å². The number of fused-ring (bicyclic) bond motifs is 1. The molecule has 27 heavy (non-hydrogen) atoms. The number of carbonyl (C=O) groups is 1. The molecule has 6 nitrogen and oxygen atoms in total. The van der Waals surface area contributed by atoms with Crippen LogP contribution in [-0.4, -0.2) is 25.2 Å². The topological polar surface area (TPSA) is 64.7 Å². The molecular formula is C19H18FN5OS. The summed E-state index contributed by atoms with van der Waals surface area (Å²) in [6.07, 6.45) is 3.49. The number of nitrogens with zero attached hydrogens (tertiary/aromatic N) is 4. The lowest BCUT2D eigenvalue weighted by atomic mass is 10.1. The number of aryl methyl sites for hydroxylation is 3. The third kappa shape index (κ3) is 3.12. The predicted octanol–water partition coefficient (Wildman–Crippen LogP) is 3.34. The van der Waals surface area contributed by atoms with Crippen LogP contribution in [0.3, 0.4) is 0 Å². The number of amides is 1. The lowest BCUT2D eigenvalue weighted by Gasteiger charge is -2.18. The number of imidazole rings is 1. The van der Waals surface area contributed by atoms with Crippen molar-refractivity contribution in [3.63, 3.8) is 0 Å². The maximum absolute atomic E-state index is 13.3. The first kappa shape index (κ1) is 17.4. The van der Waals surface area contributed by atoms with E-state index in [9.17, 15) is 9.18 Å². The molecule has 0 aliphatic rings. The van der Waals surface area contributed by atoms with Crippen LogP contribution in [-0.2, 0) is 14.1 Å². The summed E-state index contributed by atoms with van der Waals surface area (Å²) in [5.41, 5.74) is 1.65. The summed E-state index contributed by atoms with van der Waals surface area (Å²) >= 11 is 1.40. The first-order valence-electron chi connectivity index (χ1n) is 8.40. The molecule has 0 saturated carbocycles. The molecule has 1 N–H and O–H groups in total. The van der Waals surface area contributed by atoms with Crippen LogP contribution in [0.1, 0.15) is 32.8 Å². The zero-order valence-electron chi connectivity index (χ0n) is 15.1. The molecule has 138 valence electrons. The Labute approximate surface area is 159 Å². The summed E-state index contributed by atoms with van der Waals surface area (Å²) in [4.78, 5) is 18.9. The molecule has 1 atom stereocenters. The normalized spacial score (nSPS) is 12.4. The van der Waals surface area contributed by atoms with E-state index in [0.29, 0.717) is 10.7 Å². The molecule has 0 aliphatic heterocycles. The van der Waals surface area contributed by atoms with Gasteiger partial charge in [0.1, 0.15) is 22.5 Å². The third-order valence-corrected chi connectivity index (χ3v) is 5.72. The highest BCUT2D eigenvalue weighted by molar-refractivity contribution is 7.20. The summed E-state index contributed by atoms with van der Waals surface area (Å²) in [5, 5.41) is 8.38. The number of halogens is 1. The van der Waals surface area contributed by atoms with Crippen LogP contribution in [0.2, 0.25) is 0 Å². The van der Waals surface area contributed by atoms with Gasteiger partial charge in [0.2, 0.25) is 0 Å². The minimum absolute atomic E-state index is 0.201. The predicted molar refractivity (Wildman–Crippen MR) is 102 cm³/mol. The SMILES string of the molecule is Cc1nn(C)c2sc(C(=O)N[C@H](c3ccc(F)cc3)c3nccn3C)cc12. The average molecular weight is 383 g/mol. The van der Waals surface area contributed by atoms with Gasteiger partial charge in [-0.25, -0.2) is 9.37 Å². The summed E-state index contributed by atoms with van der Waals surface area (Å²) in [6.45, 7) is 1.92. The zero-order chi connectivity index (χ0) is 19.1. The van der Waals surface area contributed by atoms with Crippen molar-refractivity contribution in [1.82, 2.24) is 24.6 Å². The van der Waals surface area contributed by atoms with Gasteiger partial charge in [-0.1, -0.05) is 12.1 Å². The highest BCUT2D eigenvalue weighted by atomic mass is 32.1. The van der Waals surface area contributed by atoms with Crippen LogP contribution < -0.4 is 5.32 Å². The maximum atomic E-state index is 13.3. The van der Waals surface area contributed by atoms with Crippen LogP contribution in [0.15, 0.2) is 42.7 Å². The van der Waals surface area contributed by atoms with Crippen LogP contribution in [0.4, 0.5) is 4.39 Å². The smallest absolute Gasteiger partial charge is 0.262 e. The number of hydrogen-bond acceptors (Lipinski definition) is 4. The molecule has 1 aromatic carbocycles. The van der Waals surface area contributed by atoms with E-state index in [1.54, 1.807) is 23.0 Å². The fourth-order valence-corrected chi connectivity index (χ4v) is 4.15. The Morgan fingerprint density at radius 3 is 2.63 bits per heavy atom. The average Bonchev–Trinajstić information content (AvgIpc) is 3.32. The van der Waals surface area contributed by atoms with E-state index in [4.69, 9.17) is 0 Å². The van der Waals surface area contributed by atoms with Gasteiger partial charge in [0.15, 0.2) is 0 Å². The fraction of sp³-hybridized carbons (Fsp3) is 0.211. The Hall–Kier alpha value is -3.00. The van der Waals surface area contributed by atoms with Crippen molar-refractivity contribution in [2.24, 2.45) is 14.1 Å². The summed E-state index contributed by atoms with van der Waals surface area (Å²) in [7, 11) is 3.72. The summed E-state index contributed by atoms with van der Waals surface area (Å²) < 4.78 is 17.0. The summed E-state index contributed by atoms with van der Waals surface area (Å²) in [6, 6.07) is 7.46. The number of hydrogen-bond donors (Lipinski definition) is 1. The largest absolute Gasteiger partial charge is 0.337 e. The van der Waals surface area contributed by atoms with Gasteiger partial charge >= 0.3 is 0 Å². The van der Waals surface area contributed by atoms with Crippen LogP contribution in [0.25, 0.3) is 10.2 Å². The second kappa shape index (κ2) is 6.62. The molecule has 8 heteroatoms. The lowest BCUT2D eigenvalue weighted by Crippen LogP contribution is -2.30. The molecule has 0 unspecified atom stereocenters. The van der Waals surface area contributed by atoms with Gasteiger partial charge in [0, 0.05) is 31.9 Å². The lowest BCUT2D eigenvalue weighted by molar-refractivity contribution is 0.0945. The van der Waals surface area contributed by atoms with E-state index in [-0.39, 0.29) is 11.7 Å². The van der Waals surface area contributed by atoms with E-state index < -0.39 is 6.04 Å². The first-order chi connectivity index (χ1) is 12.9. The highest BCUT2D eigenvalue weighted by Crippen LogP contribution is 2.29. The highest BCUT2D eigenvalue weighted by Gasteiger charge is 2.23. The van der Waals surface area contributed by atoms with Gasteiger partial charge in [-0.05, 0) is 30.7 Å². The maximum Gasteiger partial charge on any atom is 0.262 e. The van der Waals surface area contributed by atoms with E-state index in [1.165, 1.54) is 23.5 Å². The molecular weight excluding hydrogens is 365 g/mol. The molecule has 0 bridgehead atoms. The Morgan fingerprint density at radius 1 is 1.26 bits per heavy atom. The number of benzene rings is 1. The summed E-state index contributed by atoms with van der Waals surface area (Å²) in [5.74, 6) is 0.151.